The van der Waals surface area contributed by atoms with Crippen LogP contribution in [-0.2, 0) is 0 Å². The van der Waals surface area contributed by atoms with E-state index in [1.54, 1.807) is 6.07 Å². The maximum Gasteiger partial charge on any atom is 0.211 e. The number of hydrogen-bond donors (Lipinski definition) is 2. The number of nitrogens with one attached hydrogen (secondary N) is 1. The fraction of sp³-hybridized carbons (Fsp3) is 0.464. The molecule has 2 aromatic heterocycles. The van der Waals surface area contributed by atoms with Gasteiger partial charge in [0.15, 0.2) is 0 Å². The molecule has 5 aliphatic rings. The van der Waals surface area contributed by atoms with E-state index in [2.05, 4.69) is 55.0 Å². The first-order chi connectivity index (χ1) is 18.1. The highest BCUT2D eigenvalue weighted by atomic mass is 16.3. The molecule has 0 spiro atoms. The van der Waals surface area contributed by atoms with Gasteiger partial charge in [0.2, 0.25) is 5.88 Å². The number of anilines is 3. The maximum atomic E-state index is 9.93. The summed E-state index contributed by atoms with van der Waals surface area (Å²) in [7, 11) is 0. The van der Waals surface area contributed by atoms with Crippen LogP contribution < -0.4 is 20.0 Å². The van der Waals surface area contributed by atoms with Gasteiger partial charge >= 0.3 is 0 Å². The van der Waals surface area contributed by atoms with Crippen LogP contribution in [0.1, 0.15) is 18.9 Å². The van der Waals surface area contributed by atoms with Crippen molar-refractivity contribution in [2.75, 3.05) is 60.5 Å². The second kappa shape index (κ2) is 8.75. The molecular weight excluding hydrogens is 464 g/mol. The summed E-state index contributed by atoms with van der Waals surface area (Å²) >= 11 is 0. The molecule has 9 nitrogen and oxygen atoms in total. The fourth-order valence-electron chi connectivity index (χ4n) is 6.80. The first kappa shape index (κ1) is 22.6. The number of aromatic hydroxyl groups is 1. The highest BCUT2D eigenvalue weighted by Crippen LogP contribution is 2.34. The number of nitrogens with zero attached hydrogens (tertiary/aromatic N) is 7. The van der Waals surface area contributed by atoms with E-state index in [-0.39, 0.29) is 5.88 Å². The van der Waals surface area contributed by atoms with Crippen molar-refractivity contribution in [2.24, 2.45) is 0 Å². The topological polar surface area (TPSA) is 94.8 Å². The summed E-state index contributed by atoms with van der Waals surface area (Å²) in [5, 5.41) is 24.0. The Bertz CT molecular complexity index is 1360. The van der Waals surface area contributed by atoms with Crippen LogP contribution in [0.5, 0.6) is 5.88 Å². The zero-order chi connectivity index (χ0) is 25.1. The van der Waals surface area contributed by atoms with E-state index < -0.39 is 0 Å². The molecule has 7 heterocycles. The third kappa shape index (κ3) is 3.92. The zero-order valence-corrected chi connectivity index (χ0v) is 21.1. The molecule has 190 valence electrons. The Balaban J connectivity index is 1.10. The minimum Gasteiger partial charge on any atom is -0.493 e. The average Bonchev–Trinajstić information content (AvgIpc) is 2.91. The summed E-state index contributed by atoms with van der Waals surface area (Å²) in [5.41, 5.74) is 3.34. The van der Waals surface area contributed by atoms with Gasteiger partial charge in [-0.2, -0.15) is 5.26 Å². The quantitative estimate of drug-likeness (QED) is 0.566. The van der Waals surface area contributed by atoms with Gasteiger partial charge in [0.1, 0.15) is 11.9 Å². The first-order valence-electron chi connectivity index (χ1n) is 13.3. The van der Waals surface area contributed by atoms with Crippen LogP contribution in [0.25, 0.3) is 10.9 Å². The van der Waals surface area contributed by atoms with Gasteiger partial charge in [0, 0.05) is 87.1 Å². The summed E-state index contributed by atoms with van der Waals surface area (Å²) in [6, 6.07) is 16.0. The van der Waals surface area contributed by atoms with E-state index in [4.69, 9.17) is 4.98 Å². The van der Waals surface area contributed by atoms with Gasteiger partial charge in [-0.05, 0) is 43.7 Å². The summed E-state index contributed by atoms with van der Waals surface area (Å²) in [5.74, 6) is 0.992. The molecule has 5 aliphatic heterocycles. The number of aromatic nitrogens is 2. The molecule has 3 unspecified atom stereocenters. The molecule has 0 saturated carbocycles. The van der Waals surface area contributed by atoms with E-state index >= 15 is 0 Å². The number of piperazine rings is 3. The van der Waals surface area contributed by atoms with Gasteiger partial charge in [-0.15, -0.1) is 0 Å². The number of hydrogen-bond acceptors (Lipinski definition) is 9. The lowest BCUT2D eigenvalue weighted by molar-refractivity contribution is 0.108. The molecule has 2 bridgehead atoms. The number of rotatable bonds is 3. The Morgan fingerprint density at radius 1 is 0.946 bits per heavy atom. The van der Waals surface area contributed by atoms with Gasteiger partial charge in [-0.1, -0.05) is 0 Å². The zero-order valence-electron chi connectivity index (χ0n) is 21.1. The van der Waals surface area contributed by atoms with E-state index in [0.717, 1.165) is 62.7 Å². The fourth-order valence-corrected chi connectivity index (χ4v) is 6.80. The van der Waals surface area contributed by atoms with E-state index in [1.807, 2.05) is 24.4 Å². The Kier molecular flexibility index (Phi) is 5.34. The summed E-state index contributed by atoms with van der Waals surface area (Å²) in [4.78, 5) is 19.1. The number of benzene rings is 1. The molecule has 0 aliphatic carbocycles. The van der Waals surface area contributed by atoms with Crippen molar-refractivity contribution < 1.29 is 5.11 Å². The van der Waals surface area contributed by atoms with Crippen LogP contribution in [0.2, 0.25) is 0 Å². The van der Waals surface area contributed by atoms with Gasteiger partial charge in [-0.3, -0.25) is 4.90 Å². The molecule has 4 atom stereocenters. The molecule has 0 amide bonds. The third-order valence-electron chi connectivity index (χ3n) is 8.63. The Morgan fingerprint density at radius 2 is 1.76 bits per heavy atom. The summed E-state index contributed by atoms with van der Waals surface area (Å²) < 4.78 is 0. The lowest BCUT2D eigenvalue weighted by atomic mass is 9.91. The molecule has 5 saturated heterocycles. The number of nitriles is 1. The molecule has 9 heteroatoms. The Morgan fingerprint density at radius 3 is 2.51 bits per heavy atom. The number of piperidine rings is 1. The van der Waals surface area contributed by atoms with Crippen molar-refractivity contribution in [3.05, 3.63) is 48.2 Å². The predicted molar refractivity (Wildman–Crippen MR) is 144 cm³/mol. The first-order valence-corrected chi connectivity index (χ1v) is 13.3. The number of fused-ring (bicyclic) bond motifs is 4. The highest BCUT2D eigenvalue weighted by molar-refractivity contribution is 5.95. The van der Waals surface area contributed by atoms with Crippen LogP contribution in [0, 0.1) is 11.3 Å². The molecule has 37 heavy (non-hydrogen) atoms. The molecule has 3 aromatic rings. The molecule has 0 radical (unpaired) electrons. The monoisotopic (exact) mass is 496 g/mol. The Labute approximate surface area is 216 Å². The van der Waals surface area contributed by atoms with Crippen molar-refractivity contribution in [2.45, 2.75) is 37.5 Å². The molecule has 5 fully saturated rings. The lowest BCUT2D eigenvalue weighted by Crippen LogP contribution is -2.67. The minimum atomic E-state index is -0.0606. The van der Waals surface area contributed by atoms with E-state index in [9.17, 15) is 10.4 Å². The second-order valence-corrected chi connectivity index (χ2v) is 11.0. The van der Waals surface area contributed by atoms with Crippen LogP contribution >= 0.6 is 0 Å². The van der Waals surface area contributed by atoms with Gasteiger partial charge in [0.05, 0.1) is 23.0 Å². The van der Waals surface area contributed by atoms with E-state index in [1.165, 1.54) is 12.1 Å². The SMILES string of the molecule is C[C@H]1CN(c2ccc(C#N)c3nc(O)ccc23)CC2CN(c3ccc(N4CC5CC(C4)N5)cn3)CCN21. The lowest BCUT2D eigenvalue weighted by Gasteiger charge is -2.51. The predicted octanol–water partition coefficient (Wildman–Crippen LogP) is 2.16. The van der Waals surface area contributed by atoms with Gasteiger partial charge < -0.3 is 25.1 Å². The van der Waals surface area contributed by atoms with Crippen molar-refractivity contribution in [1.82, 2.24) is 20.2 Å². The van der Waals surface area contributed by atoms with E-state index in [0.29, 0.717) is 35.2 Å². The molecule has 8 rings (SSSR count). The van der Waals surface area contributed by atoms with Crippen LogP contribution in [-0.4, -0.2) is 90.0 Å². The third-order valence-corrected chi connectivity index (χ3v) is 8.63. The largest absolute Gasteiger partial charge is 0.493 e. The van der Waals surface area contributed by atoms with Crippen molar-refractivity contribution >= 4 is 28.1 Å². The second-order valence-electron chi connectivity index (χ2n) is 11.0. The van der Waals surface area contributed by atoms with Crippen molar-refractivity contribution in [3.63, 3.8) is 0 Å². The Hall–Kier alpha value is -3.61. The van der Waals surface area contributed by atoms with Crippen molar-refractivity contribution in [1.29, 1.82) is 5.26 Å². The molecule has 2 N–H and O–H groups in total. The minimum absolute atomic E-state index is 0.0606. The smallest absolute Gasteiger partial charge is 0.211 e. The van der Waals surface area contributed by atoms with Gasteiger partial charge in [0.25, 0.3) is 0 Å². The number of pyridine rings is 2. The average molecular weight is 497 g/mol. The maximum absolute atomic E-state index is 9.93. The summed E-state index contributed by atoms with van der Waals surface area (Å²) in [6.45, 7) is 9.19. The molecule has 1 aromatic carbocycles. The highest BCUT2D eigenvalue weighted by Gasteiger charge is 2.38. The van der Waals surface area contributed by atoms with Crippen LogP contribution in [0.3, 0.4) is 0 Å². The van der Waals surface area contributed by atoms with Crippen molar-refractivity contribution in [3.8, 4) is 11.9 Å². The standard InChI is InChI=1S/C28H32N8O/c1-18-13-35(25-5-2-19(11-29)28-24(25)4-7-27(37)32-28)17-23-16-33(8-9-36(18)23)26-6-3-22(12-30-26)34-14-20-10-21(15-34)31-20/h2-7,12,18,20-21,23,31H,8-10,13-17H2,1H3,(H,32,37)/t18-,20?,21?,23?/m0/s1. The molecular formula is C28H32N8O. The van der Waals surface area contributed by atoms with Gasteiger partial charge in [-0.25, -0.2) is 9.97 Å². The summed E-state index contributed by atoms with van der Waals surface area (Å²) in [6.07, 6.45) is 3.36. The normalized spacial score (nSPS) is 27.5. The van der Waals surface area contributed by atoms with Crippen LogP contribution in [0.4, 0.5) is 17.2 Å². The van der Waals surface area contributed by atoms with Crippen LogP contribution in [0.15, 0.2) is 42.6 Å².